The molecule has 0 aliphatic carbocycles. The predicted octanol–water partition coefficient (Wildman–Crippen LogP) is 0.0265. The molecule has 9 heteroatoms. The third-order valence-electron chi connectivity index (χ3n) is 2.85. The zero-order valence-corrected chi connectivity index (χ0v) is 12.3. The molecule has 20 heavy (non-hydrogen) atoms. The van der Waals surface area contributed by atoms with Gasteiger partial charge in [0.1, 0.15) is 4.90 Å². The van der Waals surface area contributed by atoms with Crippen LogP contribution in [0, 0.1) is 13.8 Å². The molecule has 0 bridgehead atoms. The summed E-state index contributed by atoms with van der Waals surface area (Å²) in [6, 6.07) is 1.57. The van der Waals surface area contributed by atoms with Gasteiger partial charge in [0.15, 0.2) is 5.82 Å². The Morgan fingerprint density at radius 1 is 1.35 bits per heavy atom. The molecule has 0 aliphatic rings. The summed E-state index contributed by atoms with van der Waals surface area (Å²) in [7, 11) is -2.05. The number of aryl methyl sites for hydroxylation is 2. The quantitative estimate of drug-likeness (QED) is 0.810. The minimum Gasteiger partial charge on any atom is -0.394 e. The van der Waals surface area contributed by atoms with Crippen LogP contribution in [0.5, 0.6) is 0 Å². The van der Waals surface area contributed by atoms with Crippen molar-refractivity contribution in [3.63, 3.8) is 0 Å². The number of nitrogens with one attached hydrogen (secondary N) is 1. The lowest BCUT2D eigenvalue weighted by atomic mass is 10.4. The Kier molecular flexibility index (Phi) is 3.82. The van der Waals surface area contributed by atoms with Crippen molar-refractivity contribution < 1.29 is 13.5 Å². The molecule has 0 aromatic carbocycles. The lowest BCUT2D eigenvalue weighted by Crippen LogP contribution is -2.16. The number of sulfonamides is 1. The summed E-state index contributed by atoms with van der Waals surface area (Å²) in [4.78, 5) is 0.122. The monoisotopic (exact) mass is 299 g/mol. The van der Waals surface area contributed by atoms with Gasteiger partial charge >= 0.3 is 0 Å². The highest BCUT2D eigenvalue weighted by atomic mass is 32.2. The number of aliphatic hydroxyl groups excluding tert-OH is 1. The first kappa shape index (κ1) is 14.5. The normalized spacial score (nSPS) is 11.8. The molecule has 0 saturated carbocycles. The molecular weight excluding hydrogens is 282 g/mol. The van der Waals surface area contributed by atoms with E-state index in [1.807, 2.05) is 0 Å². The number of nitrogens with zero attached hydrogens (tertiary/aromatic N) is 4. The van der Waals surface area contributed by atoms with Crippen LogP contribution in [0.1, 0.15) is 11.4 Å². The summed E-state index contributed by atoms with van der Waals surface area (Å²) in [5.41, 5.74) is 0.874. The van der Waals surface area contributed by atoms with Crippen LogP contribution in [0.4, 0.5) is 5.82 Å². The van der Waals surface area contributed by atoms with Crippen LogP contribution in [0.3, 0.4) is 0 Å². The molecule has 0 atom stereocenters. The minimum absolute atomic E-state index is 0.102. The summed E-state index contributed by atoms with van der Waals surface area (Å²) >= 11 is 0. The van der Waals surface area contributed by atoms with E-state index in [1.54, 1.807) is 33.2 Å². The lowest BCUT2D eigenvalue weighted by Gasteiger charge is -2.06. The van der Waals surface area contributed by atoms with Crippen molar-refractivity contribution in [1.82, 2.24) is 19.6 Å². The van der Waals surface area contributed by atoms with E-state index >= 15 is 0 Å². The molecule has 0 amide bonds. The second-order valence-corrected chi connectivity index (χ2v) is 6.05. The van der Waals surface area contributed by atoms with E-state index in [0.717, 1.165) is 0 Å². The molecule has 2 aromatic heterocycles. The third kappa shape index (κ3) is 2.68. The van der Waals surface area contributed by atoms with E-state index in [0.29, 0.717) is 11.4 Å². The maximum Gasteiger partial charge on any atom is 0.266 e. The van der Waals surface area contributed by atoms with Gasteiger partial charge in [0.2, 0.25) is 0 Å². The molecule has 2 rings (SSSR count). The third-order valence-corrected chi connectivity index (χ3v) is 4.45. The van der Waals surface area contributed by atoms with Gasteiger partial charge in [-0.05, 0) is 13.8 Å². The average Bonchev–Trinajstić information content (AvgIpc) is 2.84. The Morgan fingerprint density at radius 2 is 2.05 bits per heavy atom. The van der Waals surface area contributed by atoms with Gasteiger partial charge < -0.3 is 5.11 Å². The van der Waals surface area contributed by atoms with Crippen LogP contribution in [0.25, 0.3) is 0 Å². The Hall–Kier alpha value is -1.87. The van der Waals surface area contributed by atoms with E-state index in [9.17, 15) is 8.42 Å². The number of anilines is 1. The zero-order chi connectivity index (χ0) is 14.9. The summed E-state index contributed by atoms with van der Waals surface area (Å²) in [5, 5.41) is 17.1. The molecule has 8 nitrogen and oxygen atoms in total. The highest BCUT2D eigenvalue weighted by Crippen LogP contribution is 2.21. The first-order valence-corrected chi connectivity index (χ1v) is 7.51. The Morgan fingerprint density at radius 3 is 2.60 bits per heavy atom. The van der Waals surface area contributed by atoms with Crippen LogP contribution >= 0.6 is 0 Å². The van der Waals surface area contributed by atoms with E-state index in [-0.39, 0.29) is 23.9 Å². The number of aliphatic hydroxyl groups is 1. The maximum atomic E-state index is 12.4. The maximum absolute atomic E-state index is 12.4. The van der Waals surface area contributed by atoms with Gasteiger partial charge in [-0.15, -0.1) is 0 Å². The van der Waals surface area contributed by atoms with Gasteiger partial charge in [-0.1, -0.05) is 0 Å². The molecule has 2 heterocycles. The van der Waals surface area contributed by atoms with Gasteiger partial charge in [-0.25, -0.2) is 8.42 Å². The molecule has 0 fully saturated rings. The topological polar surface area (TPSA) is 102 Å². The summed E-state index contributed by atoms with van der Waals surface area (Å²) in [6.07, 6.45) is 1.65. The van der Waals surface area contributed by atoms with E-state index in [4.69, 9.17) is 5.11 Å². The summed E-state index contributed by atoms with van der Waals surface area (Å²) < 4.78 is 30.2. The Balaban J connectivity index is 2.39. The number of aromatic nitrogens is 4. The van der Waals surface area contributed by atoms with Gasteiger partial charge in [-0.3, -0.25) is 14.1 Å². The second kappa shape index (κ2) is 5.25. The van der Waals surface area contributed by atoms with Gasteiger partial charge in [0, 0.05) is 19.3 Å². The van der Waals surface area contributed by atoms with Crippen molar-refractivity contribution in [3.05, 3.63) is 23.7 Å². The van der Waals surface area contributed by atoms with Crippen LogP contribution < -0.4 is 4.72 Å². The standard InChI is InChI=1S/C11H17N5O3S/c1-8-11(9(2)16(12-8)6-7-17)20(18,19)14-10-4-5-15(3)13-10/h4-5,17H,6-7H2,1-3H3,(H,13,14). The van der Waals surface area contributed by atoms with Crippen molar-refractivity contribution in [1.29, 1.82) is 0 Å². The molecule has 110 valence electrons. The van der Waals surface area contributed by atoms with Crippen molar-refractivity contribution in [2.24, 2.45) is 7.05 Å². The van der Waals surface area contributed by atoms with Crippen molar-refractivity contribution in [2.75, 3.05) is 11.3 Å². The SMILES string of the molecule is Cc1nn(CCO)c(C)c1S(=O)(=O)Nc1ccn(C)n1. The van der Waals surface area contributed by atoms with Crippen LogP contribution in [0.15, 0.2) is 17.2 Å². The lowest BCUT2D eigenvalue weighted by molar-refractivity contribution is 0.267. The number of hydrogen-bond acceptors (Lipinski definition) is 5. The fourth-order valence-corrected chi connectivity index (χ4v) is 3.45. The molecule has 0 saturated heterocycles. The molecular formula is C11H17N5O3S. The van der Waals surface area contributed by atoms with Gasteiger partial charge in [0.25, 0.3) is 10.0 Å². The number of rotatable bonds is 5. The first-order valence-electron chi connectivity index (χ1n) is 6.02. The highest BCUT2D eigenvalue weighted by Gasteiger charge is 2.25. The summed E-state index contributed by atoms with van der Waals surface area (Å²) in [6.45, 7) is 3.43. The Labute approximate surface area is 117 Å². The molecule has 0 radical (unpaired) electrons. The Bertz CT molecular complexity index is 716. The molecule has 0 spiro atoms. The van der Waals surface area contributed by atoms with Gasteiger partial charge in [-0.2, -0.15) is 10.2 Å². The fourth-order valence-electron chi connectivity index (χ4n) is 2.04. The predicted molar refractivity (Wildman–Crippen MR) is 72.8 cm³/mol. The molecule has 0 aliphatic heterocycles. The van der Waals surface area contributed by atoms with Crippen molar-refractivity contribution in [3.8, 4) is 0 Å². The number of hydrogen-bond donors (Lipinski definition) is 2. The van der Waals surface area contributed by atoms with E-state index in [2.05, 4.69) is 14.9 Å². The van der Waals surface area contributed by atoms with Crippen LogP contribution in [-0.2, 0) is 23.6 Å². The average molecular weight is 299 g/mol. The summed E-state index contributed by atoms with van der Waals surface area (Å²) in [5.74, 6) is 0.251. The molecule has 2 aromatic rings. The zero-order valence-electron chi connectivity index (χ0n) is 11.5. The molecule has 2 N–H and O–H groups in total. The van der Waals surface area contributed by atoms with Crippen molar-refractivity contribution in [2.45, 2.75) is 25.3 Å². The smallest absolute Gasteiger partial charge is 0.266 e. The molecule has 0 unspecified atom stereocenters. The van der Waals surface area contributed by atoms with E-state index < -0.39 is 10.0 Å². The van der Waals surface area contributed by atoms with Crippen LogP contribution in [0.2, 0.25) is 0 Å². The van der Waals surface area contributed by atoms with E-state index in [1.165, 1.54) is 9.36 Å². The highest BCUT2D eigenvalue weighted by molar-refractivity contribution is 7.92. The first-order chi connectivity index (χ1) is 9.35. The second-order valence-electron chi connectivity index (χ2n) is 4.43. The van der Waals surface area contributed by atoms with Gasteiger partial charge in [0.05, 0.1) is 24.5 Å². The fraction of sp³-hybridized carbons (Fsp3) is 0.455. The van der Waals surface area contributed by atoms with Crippen molar-refractivity contribution >= 4 is 15.8 Å². The van der Waals surface area contributed by atoms with Crippen LogP contribution in [-0.4, -0.2) is 39.7 Å². The largest absolute Gasteiger partial charge is 0.394 e. The minimum atomic E-state index is -3.75.